The van der Waals surface area contributed by atoms with Gasteiger partial charge in [-0.3, -0.25) is 9.69 Å². The van der Waals surface area contributed by atoms with Gasteiger partial charge in [0.15, 0.2) is 0 Å². The van der Waals surface area contributed by atoms with E-state index in [1.165, 1.54) is 9.75 Å². The van der Waals surface area contributed by atoms with Crippen LogP contribution in [0.15, 0.2) is 66.7 Å². The van der Waals surface area contributed by atoms with Crippen LogP contribution in [-0.4, -0.2) is 13.0 Å². The molecule has 0 saturated heterocycles. The summed E-state index contributed by atoms with van der Waals surface area (Å²) in [5, 5.41) is 0. The second kappa shape index (κ2) is 6.37. The molecular weight excluding hydrogens is 328 g/mol. The number of rotatable bonds is 3. The van der Waals surface area contributed by atoms with Gasteiger partial charge in [-0.1, -0.05) is 37.3 Å². The Morgan fingerprint density at radius 3 is 2.40 bits per heavy atom. The SMILES string of the molecule is CCc1ccc(C2N(C)c3ccccc3C(=O)N2c2ccccc2)s1. The molecule has 25 heavy (non-hydrogen) atoms. The molecule has 0 N–H and O–H groups in total. The number of carbonyl (C=O) groups is 1. The van der Waals surface area contributed by atoms with Crippen molar-refractivity contribution in [2.75, 3.05) is 16.8 Å². The minimum atomic E-state index is -0.130. The molecule has 3 nitrogen and oxygen atoms in total. The molecule has 0 radical (unpaired) electrons. The monoisotopic (exact) mass is 348 g/mol. The van der Waals surface area contributed by atoms with Gasteiger partial charge in [0.2, 0.25) is 0 Å². The molecule has 1 aliphatic heterocycles. The van der Waals surface area contributed by atoms with E-state index in [1.807, 2.05) is 59.5 Å². The number of carbonyl (C=O) groups excluding carboxylic acids is 1. The van der Waals surface area contributed by atoms with Crippen molar-refractivity contribution in [3.63, 3.8) is 0 Å². The Bertz CT molecular complexity index is 903. The second-order valence-electron chi connectivity index (χ2n) is 6.17. The van der Waals surface area contributed by atoms with Crippen molar-refractivity contribution in [1.82, 2.24) is 0 Å². The highest BCUT2D eigenvalue weighted by molar-refractivity contribution is 7.12. The largest absolute Gasteiger partial charge is 0.349 e. The van der Waals surface area contributed by atoms with E-state index in [2.05, 4.69) is 31.0 Å². The van der Waals surface area contributed by atoms with Gasteiger partial charge in [0.25, 0.3) is 5.91 Å². The lowest BCUT2D eigenvalue weighted by atomic mass is 10.0. The Hall–Kier alpha value is -2.59. The van der Waals surface area contributed by atoms with Gasteiger partial charge in [0.1, 0.15) is 6.17 Å². The lowest BCUT2D eigenvalue weighted by Gasteiger charge is -2.43. The number of anilines is 2. The third kappa shape index (κ3) is 2.63. The van der Waals surface area contributed by atoms with Crippen molar-refractivity contribution in [3.8, 4) is 0 Å². The van der Waals surface area contributed by atoms with Crippen molar-refractivity contribution in [2.45, 2.75) is 19.5 Å². The molecule has 1 aromatic heterocycles. The van der Waals surface area contributed by atoms with Gasteiger partial charge in [-0.15, -0.1) is 11.3 Å². The summed E-state index contributed by atoms with van der Waals surface area (Å²) >= 11 is 1.78. The van der Waals surface area contributed by atoms with Crippen molar-refractivity contribution < 1.29 is 4.79 Å². The predicted octanol–water partition coefficient (Wildman–Crippen LogP) is 5.11. The van der Waals surface area contributed by atoms with Crippen LogP contribution >= 0.6 is 11.3 Å². The van der Waals surface area contributed by atoms with Gasteiger partial charge in [0.05, 0.1) is 11.3 Å². The fraction of sp³-hybridized carbons (Fsp3) is 0.190. The van der Waals surface area contributed by atoms with Crippen LogP contribution in [0.3, 0.4) is 0 Å². The normalized spacial score (nSPS) is 16.9. The second-order valence-corrected chi connectivity index (χ2v) is 7.37. The number of fused-ring (bicyclic) bond motifs is 1. The lowest BCUT2D eigenvalue weighted by molar-refractivity contribution is 0.0970. The van der Waals surface area contributed by atoms with Gasteiger partial charge >= 0.3 is 0 Å². The zero-order chi connectivity index (χ0) is 17.4. The molecule has 0 saturated carbocycles. The van der Waals surface area contributed by atoms with E-state index in [1.54, 1.807) is 11.3 Å². The minimum Gasteiger partial charge on any atom is -0.349 e. The van der Waals surface area contributed by atoms with Crippen molar-refractivity contribution in [2.24, 2.45) is 0 Å². The van der Waals surface area contributed by atoms with Gasteiger partial charge in [0, 0.05) is 22.5 Å². The van der Waals surface area contributed by atoms with Crippen LogP contribution in [-0.2, 0) is 6.42 Å². The van der Waals surface area contributed by atoms with E-state index in [4.69, 9.17) is 0 Å². The first kappa shape index (κ1) is 15.9. The zero-order valence-electron chi connectivity index (χ0n) is 14.3. The Kier molecular flexibility index (Phi) is 4.06. The minimum absolute atomic E-state index is 0.0522. The first-order valence-corrected chi connectivity index (χ1v) is 9.31. The van der Waals surface area contributed by atoms with Crippen molar-refractivity contribution in [3.05, 3.63) is 82.0 Å². The van der Waals surface area contributed by atoms with E-state index >= 15 is 0 Å². The topological polar surface area (TPSA) is 23.6 Å². The molecule has 1 aliphatic rings. The first-order chi connectivity index (χ1) is 12.2. The summed E-state index contributed by atoms with van der Waals surface area (Å²) in [6.07, 6.45) is 0.881. The summed E-state index contributed by atoms with van der Waals surface area (Å²) in [4.78, 5) is 20.0. The lowest BCUT2D eigenvalue weighted by Crippen LogP contribution is -2.47. The molecule has 4 heteroatoms. The van der Waals surface area contributed by atoms with Crippen LogP contribution in [0.1, 0.15) is 33.2 Å². The van der Waals surface area contributed by atoms with Gasteiger partial charge in [-0.05, 0) is 42.8 Å². The molecular formula is C21H20N2OS. The molecule has 0 bridgehead atoms. The summed E-state index contributed by atoms with van der Waals surface area (Å²) in [6, 6.07) is 22.1. The summed E-state index contributed by atoms with van der Waals surface area (Å²) in [5.74, 6) is 0.0522. The molecule has 3 aromatic rings. The van der Waals surface area contributed by atoms with Gasteiger partial charge in [-0.25, -0.2) is 0 Å². The summed E-state index contributed by atoms with van der Waals surface area (Å²) in [7, 11) is 2.07. The quantitative estimate of drug-likeness (QED) is 0.657. The maximum absolute atomic E-state index is 13.3. The fourth-order valence-corrected chi connectivity index (χ4v) is 4.48. The molecule has 2 heterocycles. The maximum Gasteiger partial charge on any atom is 0.262 e. The number of aryl methyl sites for hydroxylation is 1. The maximum atomic E-state index is 13.3. The number of nitrogens with zero attached hydrogens (tertiary/aromatic N) is 2. The van der Waals surface area contributed by atoms with Crippen molar-refractivity contribution in [1.29, 1.82) is 0 Å². The third-order valence-corrected chi connectivity index (χ3v) is 5.93. The molecule has 0 fully saturated rings. The standard InChI is InChI=1S/C21H20N2OS/c1-3-16-13-14-19(25-16)20-22(2)18-12-8-7-11-17(18)21(24)23(20)15-9-5-4-6-10-15/h4-14,20H,3H2,1-2H3. The Morgan fingerprint density at radius 2 is 1.68 bits per heavy atom. The number of hydrogen-bond acceptors (Lipinski definition) is 3. The van der Waals surface area contributed by atoms with Crippen LogP contribution in [0.5, 0.6) is 0 Å². The Labute approximate surface area is 152 Å². The average molecular weight is 348 g/mol. The number of para-hydroxylation sites is 2. The predicted molar refractivity (Wildman–Crippen MR) is 105 cm³/mol. The number of thiophene rings is 1. The first-order valence-electron chi connectivity index (χ1n) is 8.49. The van der Waals surface area contributed by atoms with Crippen LogP contribution in [0, 0.1) is 0 Å². The van der Waals surface area contributed by atoms with E-state index < -0.39 is 0 Å². The highest BCUT2D eigenvalue weighted by Gasteiger charge is 2.38. The Balaban J connectivity index is 1.90. The fourth-order valence-electron chi connectivity index (χ4n) is 3.40. The van der Waals surface area contributed by atoms with Crippen LogP contribution in [0.2, 0.25) is 0 Å². The molecule has 2 aromatic carbocycles. The molecule has 1 amide bonds. The molecule has 126 valence electrons. The number of benzene rings is 2. The van der Waals surface area contributed by atoms with Crippen LogP contribution in [0.4, 0.5) is 11.4 Å². The number of hydrogen-bond donors (Lipinski definition) is 0. The van der Waals surface area contributed by atoms with E-state index in [0.29, 0.717) is 0 Å². The van der Waals surface area contributed by atoms with E-state index in [0.717, 1.165) is 23.4 Å². The van der Waals surface area contributed by atoms with Crippen LogP contribution in [0.25, 0.3) is 0 Å². The molecule has 1 unspecified atom stereocenters. The highest BCUT2D eigenvalue weighted by Crippen LogP contribution is 2.42. The van der Waals surface area contributed by atoms with Crippen LogP contribution < -0.4 is 9.80 Å². The van der Waals surface area contributed by atoms with Gasteiger partial charge in [-0.2, -0.15) is 0 Å². The van der Waals surface area contributed by atoms with E-state index in [-0.39, 0.29) is 12.1 Å². The van der Waals surface area contributed by atoms with Crippen molar-refractivity contribution >= 4 is 28.6 Å². The van der Waals surface area contributed by atoms with Gasteiger partial charge < -0.3 is 4.90 Å². The molecule has 0 spiro atoms. The average Bonchev–Trinajstić information content (AvgIpc) is 3.14. The molecule has 4 rings (SSSR count). The summed E-state index contributed by atoms with van der Waals surface area (Å²) in [5.41, 5.74) is 2.65. The van der Waals surface area contributed by atoms with E-state index in [9.17, 15) is 4.79 Å². The summed E-state index contributed by atoms with van der Waals surface area (Å²) in [6.45, 7) is 2.16. The molecule has 0 aliphatic carbocycles. The smallest absolute Gasteiger partial charge is 0.262 e. The third-order valence-electron chi connectivity index (χ3n) is 4.66. The number of amides is 1. The Morgan fingerprint density at radius 1 is 0.960 bits per heavy atom. The highest BCUT2D eigenvalue weighted by atomic mass is 32.1. The molecule has 1 atom stereocenters. The summed E-state index contributed by atoms with van der Waals surface area (Å²) < 4.78 is 0. The zero-order valence-corrected chi connectivity index (χ0v) is 15.2.